The van der Waals surface area contributed by atoms with E-state index in [2.05, 4.69) is 17.2 Å². The van der Waals surface area contributed by atoms with Crippen LogP contribution in [0.3, 0.4) is 0 Å². The molecular formula is C16H24N4O2S3. The van der Waals surface area contributed by atoms with Gasteiger partial charge in [-0.3, -0.25) is 4.90 Å². The minimum atomic E-state index is -3.48. The second-order valence-corrected chi connectivity index (χ2v) is 10.3. The minimum Gasteiger partial charge on any atom is -0.360 e. The summed E-state index contributed by atoms with van der Waals surface area (Å²) in [4.78, 5) is 6.84. The summed E-state index contributed by atoms with van der Waals surface area (Å²) in [6, 6.07) is 6.90. The van der Waals surface area contributed by atoms with Gasteiger partial charge in [-0.2, -0.15) is 0 Å². The Bertz CT molecular complexity index is 775. The predicted molar refractivity (Wildman–Crippen MR) is 109 cm³/mol. The number of hydrogen-bond acceptors (Lipinski definition) is 5. The van der Waals surface area contributed by atoms with Crippen LogP contribution in [0.4, 0.5) is 5.69 Å². The minimum absolute atomic E-state index is 0.227. The number of rotatable bonds is 4. The molecule has 0 saturated carbocycles. The van der Waals surface area contributed by atoms with Gasteiger partial charge < -0.3 is 5.32 Å². The maximum atomic E-state index is 12.3. The number of thioether (sulfide) groups is 1. The molecule has 0 bridgehead atoms. The van der Waals surface area contributed by atoms with Gasteiger partial charge in [0.1, 0.15) is 0 Å². The van der Waals surface area contributed by atoms with E-state index in [1.165, 1.54) is 18.4 Å². The monoisotopic (exact) mass is 400 g/mol. The van der Waals surface area contributed by atoms with E-state index < -0.39 is 10.0 Å². The zero-order chi connectivity index (χ0) is 18.8. The van der Waals surface area contributed by atoms with Gasteiger partial charge in [0.25, 0.3) is 0 Å². The first-order valence-corrected chi connectivity index (χ1v) is 10.7. The fraction of sp³-hybridized carbons (Fsp3) is 0.500. The van der Waals surface area contributed by atoms with Crippen LogP contribution in [0.5, 0.6) is 0 Å². The zero-order valence-electron chi connectivity index (χ0n) is 15.1. The summed E-state index contributed by atoms with van der Waals surface area (Å²) in [6.07, 6.45) is 0. The molecule has 0 aromatic heterocycles. The molecule has 0 spiro atoms. The molecule has 138 valence electrons. The van der Waals surface area contributed by atoms with Crippen molar-refractivity contribution in [2.45, 2.75) is 37.0 Å². The third kappa shape index (κ3) is 4.93. The van der Waals surface area contributed by atoms with Crippen molar-refractivity contribution >= 4 is 50.0 Å². The number of sulfonamides is 1. The fourth-order valence-electron chi connectivity index (χ4n) is 2.23. The van der Waals surface area contributed by atoms with Crippen molar-refractivity contribution in [2.24, 2.45) is 4.99 Å². The van der Waals surface area contributed by atoms with Crippen molar-refractivity contribution in [2.75, 3.05) is 20.6 Å². The first-order valence-electron chi connectivity index (χ1n) is 7.97. The number of nitrogens with one attached hydrogen (secondary N) is 1. The van der Waals surface area contributed by atoms with E-state index in [-0.39, 0.29) is 10.9 Å². The van der Waals surface area contributed by atoms with E-state index in [0.717, 1.165) is 11.7 Å². The van der Waals surface area contributed by atoms with Crippen molar-refractivity contribution < 1.29 is 8.42 Å². The predicted octanol–water partition coefficient (Wildman–Crippen LogP) is 2.64. The highest BCUT2D eigenvalue weighted by molar-refractivity contribution is 8.14. The molecule has 1 N–H and O–H groups in total. The van der Waals surface area contributed by atoms with Crippen molar-refractivity contribution in [3.05, 3.63) is 24.3 Å². The van der Waals surface area contributed by atoms with E-state index >= 15 is 0 Å². The highest BCUT2D eigenvalue weighted by atomic mass is 32.2. The number of nitrogens with zero attached hydrogens (tertiary/aromatic N) is 3. The molecule has 1 heterocycles. The lowest BCUT2D eigenvalue weighted by Crippen LogP contribution is -2.43. The van der Waals surface area contributed by atoms with Crippen molar-refractivity contribution in [1.82, 2.24) is 14.5 Å². The molecule has 0 radical (unpaired) electrons. The summed E-state index contributed by atoms with van der Waals surface area (Å²) in [5.74, 6) is 0. The van der Waals surface area contributed by atoms with Gasteiger partial charge in [0.15, 0.2) is 10.3 Å². The Labute approximate surface area is 159 Å². The Morgan fingerprint density at radius 2 is 2.12 bits per heavy atom. The molecule has 1 aromatic rings. The van der Waals surface area contributed by atoms with Gasteiger partial charge in [-0.05, 0) is 44.3 Å². The van der Waals surface area contributed by atoms with E-state index in [0.29, 0.717) is 16.0 Å². The van der Waals surface area contributed by atoms with Crippen LogP contribution in [-0.4, -0.2) is 59.8 Å². The Morgan fingerprint density at radius 1 is 1.44 bits per heavy atom. The van der Waals surface area contributed by atoms with E-state index in [1.807, 2.05) is 18.7 Å². The van der Waals surface area contributed by atoms with E-state index in [9.17, 15) is 8.42 Å². The third-order valence-corrected chi connectivity index (χ3v) is 6.68. The number of hydrogen-bond donors (Lipinski definition) is 1. The molecule has 2 rings (SSSR count). The summed E-state index contributed by atoms with van der Waals surface area (Å²) in [7, 11) is -0.456. The van der Waals surface area contributed by atoms with Crippen LogP contribution in [0.15, 0.2) is 34.2 Å². The van der Waals surface area contributed by atoms with Gasteiger partial charge in [0, 0.05) is 31.9 Å². The molecule has 9 heteroatoms. The quantitative estimate of drug-likeness (QED) is 0.784. The topological polar surface area (TPSA) is 65.0 Å². The molecule has 0 aliphatic carbocycles. The van der Waals surface area contributed by atoms with Gasteiger partial charge in [0.05, 0.1) is 10.6 Å². The van der Waals surface area contributed by atoms with Gasteiger partial charge in [-0.15, -0.1) is 0 Å². The smallest absolute Gasteiger partial charge is 0.242 e. The van der Waals surface area contributed by atoms with Gasteiger partial charge >= 0.3 is 0 Å². The number of benzene rings is 1. The van der Waals surface area contributed by atoms with Crippen LogP contribution >= 0.6 is 24.0 Å². The summed E-state index contributed by atoms with van der Waals surface area (Å²) in [6.45, 7) is 6.96. The number of thiocarbonyl (C=S) groups is 1. The average Bonchev–Trinajstić information content (AvgIpc) is 2.87. The highest BCUT2D eigenvalue weighted by Gasteiger charge is 2.29. The SMILES string of the molecule is CC(C)NC(=S)N1C[C@@H](C)SC1=Nc1cccc(S(=O)(=O)N(C)C)c1. The Kier molecular flexibility index (Phi) is 6.47. The van der Waals surface area contributed by atoms with E-state index in [1.54, 1.807) is 36.0 Å². The Hall–Kier alpha value is -1.16. The van der Waals surface area contributed by atoms with Gasteiger partial charge in [0.2, 0.25) is 10.0 Å². The second kappa shape index (κ2) is 8.03. The first kappa shape index (κ1) is 20.2. The van der Waals surface area contributed by atoms with Crippen molar-refractivity contribution in [3.8, 4) is 0 Å². The van der Waals surface area contributed by atoms with Gasteiger partial charge in [-0.1, -0.05) is 24.8 Å². The molecule has 1 aromatic carbocycles. The lowest BCUT2D eigenvalue weighted by molar-refractivity contribution is 0.521. The molecule has 0 unspecified atom stereocenters. The van der Waals surface area contributed by atoms with Gasteiger partial charge in [-0.25, -0.2) is 17.7 Å². The maximum Gasteiger partial charge on any atom is 0.242 e. The molecule has 25 heavy (non-hydrogen) atoms. The van der Waals surface area contributed by atoms with Crippen molar-refractivity contribution in [1.29, 1.82) is 0 Å². The van der Waals surface area contributed by atoms with Crippen LogP contribution < -0.4 is 5.32 Å². The summed E-state index contributed by atoms with van der Waals surface area (Å²) in [5.41, 5.74) is 0.594. The lowest BCUT2D eigenvalue weighted by atomic mass is 10.3. The molecule has 0 amide bonds. The van der Waals surface area contributed by atoms with Crippen LogP contribution in [0, 0.1) is 0 Å². The average molecular weight is 401 g/mol. The van der Waals surface area contributed by atoms with Crippen LogP contribution in [0.1, 0.15) is 20.8 Å². The first-order chi connectivity index (χ1) is 11.6. The van der Waals surface area contributed by atoms with Crippen LogP contribution in [0.2, 0.25) is 0 Å². The molecule has 1 saturated heterocycles. The lowest BCUT2D eigenvalue weighted by Gasteiger charge is -2.22. The molecular weight excluding hydrogens is 376 g/mol. The normalized spacial score (nSPS) is 19.9. The zero-order valence-corrected chi connectivity index (χ0v) is 17.5. The van der Waals surface area contributed by atoms with Crippen LogP contribution in [0.25, 0.3) is 0 Å². The molecule has 6 nitrogen and oxygen atoms in total. The summed E-state index contributed by atoms with van der Waals surface area (Å²) in [5, 5.41) is 5.02. The molecule has 1 aliphatic rings. The third-order valence-electron chi connectivity index (χ3n) is 3.46. The highest BCUT2D eigenvalue weighted by Crippen LogP contribution is 2.29. The number of amidine groups is 1. The summed E-state index contributed by atoms with van der Waals surface area (Å²) < 4.78 is 25.8. The second-order valence-electron chi connectivity index (χ2n) is 6.32. The fourth-order valence-corrected chi connectivity index (χ4v) is 4.66. The largest absolute Gasteiger partial charge is 0.360 e. The summed E-state index contributed by atoms with van der Waals surface area (Å²) >= 11 is 7.11. The van der Waals surface area contributed by atoms with Crippen molar-refractivity contribution in [3.63, 3.8) is 0 Å². The standard InChI is InChI=1S/C16H24N4O2S3/c1-11(2)17-15(23)20-10-12(3)24-16(20)18-13-7-6-8-14(9-13)25(21,22)19(4)5/h6-9,11-12H,10H2,1-5H3,(H,17,23)/t12-/m1/s1. The van der Waals surface area contributed by atoms with E-state index in [4.69, 9.17) is 12.2 Å². The number of aliphatic imine (C=N–C) groups is 1. The Morgan fingerprint density at radius 3 is 2.72 bits per heavy atom. The molecule has 1 aliphatic heterocycles. The maximum absolute atomic E-state index is 12.3. The van der Waals surface area contributed by atoms with Crippen LogP contribution in [-0.2, 0) is 10.0 Å². The molecule has 1 fully saturated rings. The Balaban J connectivity index is 2.33. The molecule has 1 atom stereocenters.